The van der Waals surface area contributed by atoms with Crippen LogP contribution in [-0.4, -0.2) is 43.3 Å². The molecule has 0 bridgehead atoms. The molecule has 2 aromatic carbocycles. The number of nitrogens with zero attached hydrogens (tertiary/aromatic N) is 2. The summed E-state index contributed by atoms with van der Waals surface area (Å²) in [5.41, 5.74) is 4.68. The van der Waals surface area contributed by atoms with E-state index in [4.69, 9.17) is 4.74 Å². The molecule has 0 radical (unpaired) electrons. The number of rotatable bonds is 7. The van der Waals surface area contributed by atoms with Crippen molar-refractivity contribution in [2.75, 3.05) is 30.4 Å². The molecule has 0 unspecified atom stereocenters. The summed E-state index contributed by atoms with van der Waals surface area (Å²) >= 11 is 0. The van der Waals surface area contributed by atoms with Crippen molar-refractivity contribution in [3.63, 3.8) is 0 Å². The van der Waals surface area contributed by atoms with Gasteiger partial charge in [-0.25, -0.2) is 5.43 Å². The number of carbonyl (C=O) groups is 2. The van der Waals surface area contributed by atoms with Gasteiger partial charge >= 0.3 is 0 Å². The Balaban J connectivity index is 1.51. The van der Waals surface area contributed by atoms with Crippen LogP contribution < -0.4 is 20.4 Å². The third kappa shape index (κ3) is 4.79. The van der Waals surface area contributed by atoms with Crippen LogP contribution in [0.4, 0.5) is 11.4 Å². The van der Waals surface area contributed by atoms with Crippen LogP contribution in [0.3, 0.4) is 0 Å². The summed E-state index contributed by atoms with van der Waals surface area (Å²) in [6.07, 6.45) is 2.90. The molecule has 3 N–H and O–H groups in total. The van der Waals surface area contributed by atoms with Gasteiger partial charge in [-0.2, -0.15) is 5.10 Å². The lowest BCUT2D eigenvalue weighted by Gasteiger charge is -2.16. The highest BCUT2D eigenvalue weighted by Crippen LogP contribution is 2.25. The van der Waals surface area contributed by atoms with E-state index in [1.165, 1.54) is 19.4 Å². The van der Waals surface area contributed by atoms with Gasteiger partial charge in [0.1, 0.15) is 0 Å². The first-order valence-corrected chi connectivity index (χ1v) is 8.90. The summed E-state index contributed by atoms with van der Waals surface area (Å²) < 4.78 is 5.02. The maximum absolute atomic E-state index is 12.0. The molecule has 2 amide bonds. The Labute approximate surface area is 162 Å². The molecule has 1 aliphatic heterocycles. The number of benzene rings is 2. The van der Waals surface area contributed by atoms with Gasteiger partial charge in [-0.05, 0) is 48.4 Å². The minimum Gasteiger partial charge on any atom is -0.504 e. The summed E-state index contributed by atoms with van der Waals surface area (Å²) in [7, 11) is 1.46. The number of hydrogen-bond donors (Lipinski definition) is 3. The zero-order chi connectivity index (χ0) is 19.9. The summed E-state index contributed by atoms with van der Waals surface area (Å²) in [4.78, 5) is 25.6. The molecule has 2 aromatic rings. The Morgan fingerprint density at radius 3 is 2.93 bits per heavy atom. The van der Waals surface area contributed by atoms with Gasteiger partial charge in [0, 0.05) is 24.3 Å². The fourth-order valence-electron chi connectivity index (χ4n) is 2.88. The Morgan fingerprint density at radius 1 is 1.32 bits per heavy atom. The lowest BCUT2D eigenvalue weighted by atomic mass is 10.2. The highest BCUT2D eigenvalue weighted by Gasteiger charge is 2.21. The van der Waals surface area contributed by atoms with E-state index >= 15 is 0 Å². The topological polar surface area (TPSA) is 103 Å². The molecule has 0 atom stereocenters. The fraction of sp³-hybridized carbons (Fsp3) is 0.250. The number of amides is 2. The number of nitrogens with one attached hydrogen (secondary N) is 2. The van der Waals surface area contributed by atoms with Crippen LogP contribution in [0.5, 0.6) is 11.5 Å². The summed E-state index contributed by atoms with van der Waals surface area (Å²) in [6, 6.07) is 12.2. The van der Waals surface area contributed by atoms with Crippen molar-refractivity contribution in [3.8, 4) is 11.5 Å². The van der Waals surface area contributed by atoms with Crippen LogP contribution in [0.25, 0.3) is 0 Å². The molecule has 0 aliphatic carbocycles. The van der Waals surface area contributed by atoms with E-state index in [0.717, 1.165) is 24.3 Å². The third-order valence-electron chi connectivity index (χ3n) is 4.29. The second kappa shape index (κ2) is 8.90. The number of carbonyl (C=O) groups excluding carboxylic acids is 2. The number of phenols is 1. The molecule has 1 heterocycles. The predicted octanol–water partition coefficient (Wildman–Crippen LogP) is 2.09. The first-order chi connectivity index (χ1) is 13.6. The van der Waals surface area contributed by atoms with Crippen molar-refractivity contribution < 1.29 is 19.4 Å². The number of ether oxygens (including phenoxy) is 1. The van der Waals surface area contributed by atoms with Gasteiger partial charge in [-0.1, -0.05) is 6.07 Å². The number of hydrogen-bond acceptors (Lipinski definition) is 6. The first kappa shape index (κ1) is 19.2. The van der Waals surface area contributed by atoms with E-state index in [9.17, 15) is 14.7 Å². The Morgan fingerprint density at radius 2 is 2.18 bits per heavy atom. The van der Waals surface area contributed by atoms with Crippen molar-refractivity contribution in [2.24, 2.45) is 5.10 Å². The molecule has 0 spiro atoms. The number of phenolic OH excluding ortho intramolecular Hbond substituents is 1. The first-order valence-electron chi connectivity index (χ1n) is 8.90. The van der Waals surface area contributed by atoms with Gasteiger partial charge in [0.05, 0.1) is 19.9 Å². The highest BCUT2D eigenvalue weighted by atomic mass is 16.5. The minimum atomic E-state index is -0.315. The lowest BCUT2D eigenvalue weighted by Crippen LogP contribution is -2.26. The molecule has 1 saturated heterocycles. The van der Waals surface area contributed by atoms with Crippen LogP contribution in [0.15, 0.2) is 47.6 Å². The van der Waals surface area contributed by atoms with Crippen molar-refractivity contribution in [1.29, 1.82) is 0 Å². The molecule has 8 heteroatoms. The SMILES string of the molecule is COc1cc(C=NNC(=O)CNc2cccc(N3CCCC3=O)c2)ccc1O. The zero-order valence-corrected chi connectivity index (χ0v) is 15.5. The standard InChI is InChI=1S/C20H22N4O4/c1-28-18-10-14(7-8-17(18)25)12-22-23-19(26)13-21-15-4-2-5-16(11-15)24-9-3-6-20(24)27/h2,4-5,7-8,10-12,21,25H,3,6,9,13H2,1H3,(H,23,26). The average molecular weight is 382 g/mol. The highest BCUT2D eigenvalue weighted by molar-refractivity contribution is 5.95. The maximum Gasteiger partial charge on any atom is 0.259 e. The van der Waals surface area contributed by atoms with Gasteiger partial charge in [-0.3, -0.25) is 9.59 Å². The molecular weight excluding hydrogens is 360 g/mol. The molecule has 8 nitrogen and oxygen atoms in total. The Bertz CT molecular complexity index is 898. The lowest BCUT2D eigenvalue weighted by molar-refractivity contribution is -0.119. The molecule has 1 fully saturated rings. The third-order valence-corrected chi connectivity index (χ3v) is 4.29. The van der Waals surface area contributed by atoms with E-state index in [1.54, 1.807) is 17.0 Å². The largest absolute Gasteiger partial charge is 0.504 e. The second-order valence-corrected chi connectivity index (χ2v) is 6.28. The molecule has 28 heavy (non-hydrogen) atoms. The molecule has 146 valence electrons. The van der Waals surface area contributed by atoms with Gasteiger partial charge in [0.2, 0.25) is 5.91 Å². The smallest absolute Gasteiger partial charge is 0.259 e. The monoisotopic (exact) mass is 382 g/mol. The minimum absolute atomic E-state index is 0.0331. The van der Waals surface area contributed by atoms with Crippen molar-refractivity contribution in [1.82, 2.24) is 5.43 Å². The summed E-state index contributed by atoms with van der Waals surface area (Å²) in [6.45, 7) is 0.757. The molecular formula is C20H22N4O4. The maximum atomic E-state index is 12.0. The van der Waals surface area contributed by atoms with Crippen LogP contribution in [0.1, 0.15) is 18.4 Å². The van der Waals surface area contributed by atoms with E-state index in [0.29, 0.717) is 17.7 Å². The Kier molecular flexibility index (Phi) is 6.11. The van der Waals surface area contributed by atoms with Crippen LogP contribution in [0.2, 0.25) is 0 Å². The van der Waals surface area contributed by atoms with E-state index < -0.39 is 0 Å². The second-order valence-electron chi connectivity index (χ2n) is 6.28. The van der Waals surface area contributed by atoms with Crippen molar-refractivity contribution in [2.45, 2.75) is 12.8 Å². The number of anilines is 2. The summed E-state index contributed by atoms with van der Waals surface area (Å²) in [5.74, 6) is 0.166. The van der Waals surface area contributed by atoms with Crippen molar-refractivity contribution in [3.05, 3.63) is 48.0 Å². The van der Waals surface area contributed by atoms with Crippen molar-refractivity contribution >= 4 is 29.4 Å². The molecule has 3 rings (SSSR count). The van der Waals surface area contributed by atoms with Crippen LogP contribution >= 0.6 is 0 Å². The van der Waals surface area contributed by atoms with E-state index in [-0.39, 0.29) is 24.1 Å². The number of aromatic hydroxyl groups is 1. The van der Waals surface area contributed by atoms with Gasteiger partial charge in [0.25, 0.3) is 5.91 Å². The molecule has 1 aliphatic rings. The molecule has 0 saturated carbocycles. The van der Waals surface area contributed by atoms with Gasteiger partial charge < -0.3 is 20.1 Å². The normalized spacial score (nSPS) is 13.8. The quantitative estimate of drug-likeness (QED) is 0.503. The van der Waals surface area contributed by atoms with Gasteiger partial charge in [-0.15, -0.1) is 0 Å². The van der Waals surface area contributed by atoms with Crippen LogP contribution in [0, 0.1) is 0 Å². The number of hydrazone groups is 1. The van der Waals surface area contributed by atoms with E-state index in [1.807, 2.05) is 24.3 Å². The summed E-state index contributed by atoms with van der Waals surface area (Å²) in [5, 5.41) is 16.5. The van der Waals surface area contributed by atoms with Crippen LogP contribution in [-0.2, 0) is 9.59 Å². The molecule has 0 aromatic heterocycles. The zero-order valence-electron chi connectivity index (χ0n) is 15.5. The number of methoxy groups -OCH3 is 1. The average Bonchev–Trinajstić information content (AvgIpc) is 3.14. The Hall–Kier alpha value is -3.55. The van der Waals surface area contributed by atoms with Gasteiger partial charge in [0.15, 0.2) is 11.5 Å². The van der Waals surface area contributed by atoms with E-state index in [2.05, 4.69) is 15.8 Å². The fourth-order valence-corrected chi connectivity index (χ4v) is 2.88. The predicted molar refractivity (Wildman–Crippen MR) is 107 cm³/mol.